The molecule has 21 heavy (non-hydrogen) atoms. The van der Waals surface area contributed by atoms with E-state index in [1.54, 1.807) is 6.07 Å². The van der Waals surface area contributed by atoms with Gasteiger partial charge in [-0.05, 0) is 18.6 Å². The van der Waals surface area contributed by atoms with Crippen molar-refractivity contribution < 1.29 is 17.9 Å². The quantitative estimate of drug-likeness (QED) is 0.942. The number of ether oxygens (including phenoxy) is 1. The Hall–Kier alpha value is -2.31. The topological polar surface area (TPSA) is 55.0 Å². The van der Waals surface area contributed by atoms with Gasteiger partial charge in [0.05, 0.1) is 5.69 Å². The van der Waals surface area contributed by atoms with Crippen molar-refractivity contribution in [3.63, 3.8) is 0 Å². The third kappa shape index (κ3) is 4.08. The lowest BCUT2D eigenvalue weighted by atomic mass is 10.1. The number of halogens is 3. The number of hydrogen-bond acceptors (Lipinski definition) is 3. The fraction of sp³-hybridized carbons (Fsp3) is 0.286. The molecule has 0 radical (unpaired) electrons. The van der Waals surface area contributed by atoms with E-state index in [1.165, 1.54) is 18.2 Å². The predicted molar refractivity (Wildman–Crippen MR) is 71.0 cm³/mol. The van der Waals surface area contributed by atoms with E-state index in [0.29, 0.717) is 12.2 Å². The minimum atomic E-state index is -4.80. The zero-order chi connectivity index (χ0) is 15.5. The molecule has 7 heteroatoms. The molecule has 0 amide bonds. The minimum Gasteiger partial charge on any atom is -0.405 e. The summed E-state index contributed by atoms with van der Waals surface area (Å²) in [6.07, 6.45) is -3.51. The van der Waals surface area contributed by atoms with Gasteiger partial charge in [-0.15, -0.1) is 13.2 Å². The fourth-order valence-electron chi connectivity index (χ4n) is 1.89. The van der Waals surface area contributed by atoms with Crippen LogP contribution in [0.15, 0.2) is 35.1 Å². The number of aryl methyl sites for hydroxylation is 1. The number of alkyl halides is 3. The molecule has 2 aromatic rings. The van der Waals surface area contributed by atoms with E-state index in [-0.39, 0.29) is 17.0 Å². The van der Waals surface area contributed by atoms with E-state index in [2.05, 4.69) is 14.7 Å². The molecule has 0 aliphatic rings. The first-order valence-electron chi connectivity index (χ1n) is 6.34. The van der Waals surface area contributed by atoms with Crippen LogP contribution in [-0.2, 0) is 6.42 Å². The first kappa shape index (κ1) is 15.1. The number of H-pyrrole nitrogens is 1. The molecule has 1 N–H and O–H groups in total. The maximum atomic E-state index is 12.4. The fourth-order valence-corrected chi connectivity index (χ4v) is 1.89. The Kier molecular flexibility index (Phi) is 4.30. The Bertz CT molecular complexity index is 680. The molecule has 0 spiro atoms. The van der Waals surface area contributed by atoms with Gasteiger partial charge in [0.2, 0.25) is 0 Å². The average molecular weight is 298 g/mol. The molecule has 0 saturated heterocycles. The second-order valence-corrected chi connectivity index (χ2v) is 4.37. The molecule has 0 bridgehead atoms. The summed E-state index contributed by atoms with van der Waals surface area (Å²) in [4.78, 5) is 18.3. The number of aromatic amines is 1. The summed E-state index contributed by atoms with van der Waals surface area (Å²) >= 11 is 0. The number of nitrogens with zero attached hydrogens (tertiary/aromatic N) is 1. The Morgan fingerprint density at radius 1 is 1.29 bits per heavy atom. The first-order valence-corrected chi connectivity index (χ1v) is 6.34. The normalized spacial score (nSPS) is 11.4. The number of benzene rings is 1. The second kappa shape index (κ2) is 5.99. The molecule has 112 valence electrons. The van der Waals surface area contributed by atoms with Crippen molar-refractivity contribution in [2.45, 2.75) is 26.1 Å². The van der Waals surface area contributed by atoms with Crippen molar-refractivity contribution in [3.05, 3.63) is 46.5 Å². The van der Waals surface area contributed by atoms with Gasteiger partial charge in [0.25, 0.3) is 5.56 Å². The highest BCUT2D eigenvalue weighted by Gasteiger charge is 2.32. The van der Waals surface area contributed by atoms with Crippen molar-refractivity contribution in [3.8, 4) is 17.0 Å². The molecule has 1 aromatic heterocycles. The van der Waals surface area contributed by atoms with Crippen LogP contribution in [0.5, 0.6) is 5.75 Å². The van der Waals surface area contributed by atoms with Crippen molar-refractivity contribution in [2.24, 2.45) is 0 Å². The van der Waals surface area contributed by atoms with E-state index in [4.69, 9.17) is 0 Å². The Labute approximate surface area is 118 Å². The van der Waals surface area contributed by atoms with E-state index < -0.39 is 11.9 Å². The van der Waals surface area contributed by atoms with Crippen molar-refractivity contribution in [1.82, 2.24) is 9.97 Å². The summed E-state index contributed by atoms with van der Waals surface area (Å²) in [5.41, 5.74) is -0.134. The Morgan fingerprint density at radius 2 is 2.00 bits per heavy atom. The van der Waals surface area contributed by atoms with Gasteiger partial charge < -0.3 is 9.72 Å². The molecule has 2 rings (SSSR count). The van der Waals surface area contributed by atoms with Gasteiger partial charge >= 0.3 is 6.36 Å². The zero-order valence-electron chi connectivity index (χ0n) is 11.2. The predicted octanol–water partition coefficient (Wildman–Crippen LogP) is 3.29. The summed E-state index contributed by atoms with van der Waals surface area (Å²) in [5.74, 6) is 0.0485. The number of para-hydroxylation sites is 1. The highest BCUT2D eigenvalue weighted by atomic mass is 19.4. The van der Waals surface area contributed by atoms with Crippen LogP contribution in [0.3, 0.4) is 0 Å². The highest BCUT2D eigenvalue weighted by Crippen LogP contribution is 2.32. The summed E-state index contributed by atoms with van der Waals surface area (Å²) < 4.78 is 41.2. The molecular formula is C14H13F3N2O2. The Balaban J connectivity index is 2.49. The minimum absolute atomic E-state index is 0.123. The first-order chi connectivity index (χ1) is 9.89. The number of nitrogens with one attached hydrogen (secondary N) is 1. The average Bonchev–Trinajstić information content (AvgIpc) is 2.37. The SMILES string of the molecule is CCCc1nc(-c2ccccc2OC(F)(F)F)cc(=O)[nH]1. The van der Waals surface area contributed by atoms with Crippen LogP contribution in [0.25, 0.3) is 11.3 Å². The summed E-state index contributed by atoms with van der Waals surface area (Å²) in [5, 5.41) is 0. The summed E-state index contributed by atoms with van der Waals surface area (Å²) in [6, 6.07) is 6.74. The maximum Gasteiger partial charge on any atom is 0.573 e. The van der Waals surface area contributed by atoms with Crippen LogP contribution in [0.2, 0.25) is 0 Å². The van der Waals surface area contributed by atoms with Crippen LogP contribution in [0.1, 0.15) is 19.2 Å². The molecule has 0 aliphatic carbocycles. The van der Waals surface area contributed by atoms with E-state index in [1.807, 2.05) is 6.92 Å². The lowest BCUT2D eigenvalue weighted by Crippen LogP contribution is -2.18. The number of hydrogen-bond donors (Lipinski definition) is 1. The number of aromatic nitrogens is 2. The van der Waals surface area contributed by atoms with Crippen LogP contribution in [0, 0.1) is 0 Å². The Morgan fingerprint density at radius 3 is 2.67 bits per heavy atom. The van der Waals surface area contributed by atoms with Gasteiger partial charge in [0.1, 0.15) is 11.6 Å². The van der Waals surface area contributed by atoms with Gasteiger partial charge in [-0.1, -0.05) is 19.1 Å². The van der Waals surface area contributed by atoms with Gasteiger partial charge in [0, 0.05) is 18.1 Å². The molecule has 0 saturated carbocycles. The molecule has 0 atom stereocenters. The lowest BCUT2D eigenvalue weighted by Gasteiger charge is -2.13. The molecule has 0 unspecified atom stereocenters. The van der Waals surface area contributed by atoms with E-state index in [9.17, 15) is 18.0 Å². The van der Waals surface area contributed by atoms with Crippen LogP contribution >= 0.6 is 0 Å². The van der Waals surface area contributed by atoms with E-state index in [0.717, 1.165) is 12.5 Å². The summed E-state index contributed by atoms with van der Waals surface area (Å²) in [7, 11) is 0. The molecule has 1 heterocycles. The van der Waals surface area contributed by atoms with Crippen molar-refractivity contribution in [1.29, 1.82) is 0 Å². The van der Waals surface area contributed by atoms with Crippen LogP contribution in [0.4, 0.5) is 13.2 Å². The molecule has 0 fully saturated rings. The number of rotatable bonds is 4. The molecule has 4 nitrogen and oxygen atoms in total. The van der Waals surface area contributed by atoms with Crippen LogP contribution in [-0.4, -0.2) is 16.3 Å². The van der Waals surface area contributed by atoms with Crippen molar-refractivity contribution >= 4 is 0 Å². The third-order valence-electron chi connectivity index (χ3n) is 2.67. The van der Waals surface area contributed by atoms with Gasteiger partial charge in [-0.25, -0.2) is 4.98 Å². The van der Waals surface area contributed by atoms with Gasteiger partial charge in [-0.2, -0.15) is 0 Å². The second-order valence-electron chi connectivity index (χ2n) is 4.37. The zero-order valence-corrected chi connectivity index (χ0v) is 11.2. The monoisotopic (exact) mass is 298 g/mol. The standard InChI is InChI=1S/C14H13F3N2O2/c1-2-5-12-18-10(8-13(20)19-12)9-6-3-4-7-11(9)21-14(15,16)17/h3-4,6-8H,2,5H2,1H3,(H,18,19,20). The maximum absolute atomic E-state index is 12.4. The molecular weight excluding hydrogens is 285 g/mol. The molecule has 0 aliphatic heterocycles. The lowest BCUT2D eigenvalue weighted by molar-refractivity contribution is -0.274. The third-order valence-corrected chi connectivity index (χ3v) is 2.67. The van der Waals surface area contributed by atoms with Crippen molar-refractivity contribution in [2.75, 3.05) is 0 Å². The van der Waals surface area contributed by atoms with Crippen LogP contribution < -0.4 is 10.3 Å². The summed E-state index contributed by atoms with van der Waals surface area (Å²) in [6.45, 7) is 1.91. The van der Waals surface area contributed by atoms with Gasteiger partial charge in [0.15, 0.2) is 0 Å². The van der Waals surface area contributed by atoms with E-state index >= 15 is 0 Å². The largest absolute Gasteiger partial charge is 0.573 e. The molecule has 1 aromatic carbocycles. The highest BCUT2D eigenvalue weighted by molar-refractivity contribution is 5.66. The smallest absolute Gasteiger partial charge is 0.405 e. The van der Waals surface area contributed by atoms with Gasteiger partial charge in [-0.3, -0.25) is 4.79 Å².